The highest BCUT2D eigenvalue weighted by Gasteiger charge is 2.18. The van der Waals surface area contributed by atoms with E-state index in [-0.39, 0.29) is 16.7 Å². The number of halogens is 2. The summed E-state index contributed by atoms with van der Waals surface area (Å²) in [6.07, 6.45) is 2.17. The monoisotopic (exact) mass is 499 g/mol. The largest absolute Gasteiger partial charge is 0.493 e. The second-order valence-corrected chi connectivity index (χ2v) is 8.85. The van der Waals surface area contributed by atoms with Gasteiger partial charge in [-0.25, -0.2) is 14.4 Å². The first-order valence-electron chi connectivity index (χ1n) is 11.4. The van der Waals surface area contributed by atoms with E-state index < -0.39 is 5.82 Å². The Morgan fingerprint density at radius 3 is 2.57 bits per heavy atom. The fourth-order valence-corrected chi connectivity index (χ4v) is 4.23. The first-order valence-corrected chi connectivity index (χ1v) is 11.8. The summed E-state index contributed by atoms with van der Waals surface area (Å²) in [5.41, 5.74) is 1.60. The van der Waals surface area contributed by atoms with Crippen LogP contribution in [0.4, 0.5) is 15.9 Å². The third-order valence-corrected chi connectivity index (χ3v) is 6.28. The van der Waals surface area contributed by atoms with Gasteiger partial charge in [0.2, 0.25) is 5.91 Å². The van der Waals surface area contributed by atoms with E-state index in [2.05, 4.69) is 20.2 Å². The van der Waals surface area contributed by atoms with Gasteiger partial charge in [0.1, 0.15) is 23.7 Å². The van der Waals surface area contributed by atoms with E-state index in [1.807, 2.05) is 4.90 Å². The Kier molecular flexibility index (Phi) is 7.77. The Balaban J connectivity index is 1.47. The number of fused-ring (bicyclic) bond motifs is 1. The Labute approximate surface area is 208 Å². The molecule has 1 saturated heterocycles. The van der Waals surface area contributed by atoms with Gasteiger partial charge in [0.25, 0.3) is 0 Å². The summed E-state index contributed by atoms with van der Waals surface area (Å²) in [4.78, 5) is 36.5. The lowest BCUT2D eigenvalue weighted by Gasteiger charge is -2.34. The minimum atomic E-state index is -0.507. The zero-order valence-corrected chi connectivity index (χ0v) is 20.4. The fourth-order valence-electron chi connectivity index (χ4n) is 4.04. The molecule has 0 saturated carbocycles. The standard InChI is InChI=1S/C25H27ClFN5O3/c1-16(33)19-13-23-20(25(29-15-28-23)30-18-4-5-22(27)21(26)12-18)14-24(19)35-11-3-6-31-7-9-32(10-8-31)17(2)34/h4-5,12-15H,3,6-11H2,1-2H3,(H,28,29,30). The van der Waals surface area contributed by atoms with Gasteiger partial charge in [-0.15, -0.1) is 0 Å². The van der Waals surface area contributed by atoms with E-state index in [1.54, 1.807) is 25.1 Å². The number of benzene rings is 2. The Morgan fingerprint density at radius 2 is 1.89 bits per heavy atom. The predicted octanol–water partition coefficient (Wildman–Crippen LogP) is 4.30. The molecule has 2 aromatic carbocycles. The SMILES string of the molecule is CC(=O)c1cc2ncnc(Nc3ccc(F)c(Cl)c3)c2cc1OCCCN1CCN(C(C)=O)CC1. The molecule has 3 aromatic rings. The van der Waals surface area contributed by atoms with Crippen molar-refractivity contribution in [2.24, 2.45) is 0 Å². The molecule has 1 amide bonds. The molecular weight excluding hydrogens is 473 g/mol. The van der Waals surface area contributed by atoms with Crippen LogP contribution >= 0.6 is 11.6 Å². The van der Waals surface area contributed by atoms with Gasteiger partial charge in [0, 0.05) is 50.7 Å². The van der Waals surface area contributed by atoms with Crippen molar-refractivity contribution in [1.82, 2.24) is 19.8 Å². The number of hydrogen-bond donors (Lipinski definition) is 1. The van der Waals surface area contributed by atoms with Gasteiger partial charge >= 0.3 is 0 Å². The smallest absolute Gasteiger partial charge is 0.219 e. The number of rotatable bonds is 8. The number of piperazine rings is 1. The Bertz CT molecular complexity index is 1250. The van der Waals surface area contributed by atoms with Gasteiger partial charge in [0.05, 0.1) is 22.7 Å². The molecule has 0 aliphatic carbocycles. The van der Waals surface area contributed by atoms with E-state index in [0.29, 0.717) is 40.3 Å². The van der Waals surface area contributed by atoms with E-state index >= 15 is 0 Å². The molecule has 2 heterocycles. The van der Waals surface area contributed by atoms with Crippen LogP contribution in [0, 0.1) is 5.82 Å². The van der Waals surface area contributed by atoms with Crippen molar-refractivity contribution in [1.29, 1.82) is 0 Å². The van der Waals surface area contributed by atoms with Crippen LogP contribution in [0.2, 0.25) is 5.02 Å². The van der Waals surface area contributed by atoms with Crippen molar-refractivity contribution in [3.8, 4) is 5.75 Å². The second-order valence-electron chi connectivity index (χ2n) is 8.45. The highest BCUT2D eigenvalue weighted by atomic mass is 35.5. The first-order chi connectivity index (χ1) is 16.8. The molecule has 8 nitrogen and oxygen atoms in total. The van der Waals surface area contributed by atoms with Crippen LogP contribution in [-0.4, -0.2) is 70.8 Å². The zero-order chi connectivity index (χ0) is 24.9. The normalized spacial score (nSPS) is 14.2. The number of hydrogen-bond acceptors (Lipinski definition) is 7. The number of ketones is 1. The summed E-state index contributed by atoms with van der Waals surface area (Å²) in [7, 11) is 0. The second kappa shape index (κ2) is 11.0. The summed E-state index contributed by atoms with van der Waals surface area (Å²) in [6, 6.07) is 7.76. The van der Waals surface area contributed by atoms with Crippen LogP contribution in [-0.2, 0) is 4.79 Å². The maximum atomic E-state index is 13.5. The van der Waals surface area contributed by atoms with Gasteiger partial charge in [-0.05, 0) is 43.7 Å². The molecular formula is C25H27ClFN5O3. The molecule has 0 bridgehead atoms. The van der Waals surface area contributed by atoms with Crippen LogP contribution in [0.3, 0.4) is 0 Å². The number of nitrogens with one attached hydrogen (secondary N) is 1. The molecule has 1 aromatic heterocycles. The fraction of sp³-hybridized carbons (Fsp3) is 0.360. The number of ether oxygens (including phenoxy) is 1. The number of nitrogens with zero attached hydrogens (tertiary/aromatic N) is 4. The summed E-state index contributed by atoms with van der Waals surface area (Å²) in [5, 5.41) is 3.79. The summed E-state index contributed by atoms with van der Waals surface area (Å²) < 4.78 is 19.6. The van der Waals surface area contributed by atoms with Crippen molar-refractivity contribution < 1.29 is 18.7 Å². The van der Waals surface area contributed by atoms with E-state index in [0.717, 1.165) is 39.1 Å². The molecule has 35 heavy (non-hydrogen) atoms. The molecule has 0 spiro atoms. The first kappa shape index (κ1) is 24.8. The molecule has 10 heteroatoms. The summed E-state index contributed by atoms with van der Waals surface area (Å²) in [5.74, 6) is 0.428. The lowest BCUT2D eigenvalue weighted by molar-refractivity contribution is -0.130. The molecule has 0 atom stereocenters. The number of carbonyl (C=O) groups is 2. The Morgan fingerprint density at radius 1 is 1.11 bits per heavy atom. The number of amides is 1. The van der Waals surface area contributed by atoms with Crippen molar-refractivity contribution >= 4 is 45.7 Å². The lowest BCUT2D eigenvalue weighted by Crippen LogP contribution is -2.48. The molecule has 1 N–H and O–H groups in total. The Hall–Kier alpha value is -3.30. The van der Waals surface area contributed by atoms with Crippen molar-refractivity contribution in [2.75, 3.05) is 44.6 Å². The van der Waals surface area contributed by atoms with E-state index in [1.165, 1.54) is 25.4 Å². The number of carbonyl (C=O) groups excluding carboxylic acids is 2. The van der Waals surface area contributed by atoms with Crippen molar-refractivity contribution in [3.05, 3.63) is 53.1 Å². The third-order valence-electron chi connectivity index (χ3n) is 5.99. The topological polar surface area (TPSA) is 87.7 Å². The average molecular weight is 500 g/mol. The maximum absolute atomic E-state index is 13.5. The number of aromatic nitrogens is 2. The van der Waals surface area contributed by atoms with Gasteiger partial charge in [-0.2, -0.15) is 0 Å². The molecule has 0 unspecified atom stereocenters. The van der Waals surface area contributed by atoms with Gasteiger partial charge in [-0.3, -0.25) is 14.5 Å². The average Bonchev–Trinajstić information content (AvgIpc) is 2.84. The molecule has 4 rings (SSSR count). The van der Waals surface area contributed by atoms with Crippen LogP contribution in [0.25, 0.3) is 10.9 Å². The molecule has 1 fully saturated rings. The van der Waals surface area contributed by atoms with Crippen LogP contribution in [0.5, 0.6) is 5.75 Å². The minimum Gasteiger partial charge on any atom is -0.493 e. The highest BCUT2D eigenvalue weighted by molar-refractivity contribution is 6.31. The summed E-state index contributed by atoms with van der Waals surface area (Å²) in [6.45, 7) is 7.53. The van der Waals surface area contributed by atoms with Crippen molar-refractivity contribution in [3.63, 3.8) is 0 Å². The number of Topliss-reactive ketones (excluding diaryl/α,β-unsaturated/α-hetero) is 1. The molecule has 1 aliphatic rings. The van der Waals surface area contributed by atoms with Gasteiger partial charge in [0.15, 0.2) is 5.78 Å². The molecule has 184 valence electrons. The van der Waals surface area contributed by atoms with E-state index in [4.69, 9.17) is 16.3 Å². The van der Waals surface area contributed by atoms with Crippen LogP contribution < -0.4 is 10.1 Å². The molecule has 0 radical (unpaired) electrons. The quantitative estimate of drug-likeness (QED) is 0.365. The predicted molar refractivity (Wildman–Crippen MR) is 133 cm³/mol. The minimum absolute atomic E-state index is 0.000966. The van der Waals surface area contributed by atoms with Crippen LogP contribution in [0.1, 0.15) is 30.6 Å². The highest BCUT2D eigenvalue weighted by Crippen LogP contribution is 2.31. The van der Waals surface area contributed by atoms with Gasteiger partial charge < -0.3 is 15.0 Å². The molecule has 1 aliphatic heterocycles. The van der Waals surface area contributed by atoms with Crippen molar-refractivity contribution in [2.45, 2.75) is 20.3 Å². The third kappa shape index (κ3) is 6.04. The number of anilines is 2. The zero-order valence-electron chi connectivity index (χ0n) is 19.7. The van der Waals surface area contributed by atoms with E-state index in [9.17, 15) is 14.0 Å². The lowest BCUT2D eigenvalue weighted by atomic mass is 10.1. The van der Waals surface area contributed by atoms with Crippen LogP contribution in [0.15, 0.2) is 36.7 Å². The summed E-state index contributed by atoms with van der Waals surface area (Å²) >= 11 is 5.90. The van der Waals surface area contributed by atoms with Gasteiger partial charge in [-0.1, -0.05) is 11.6 Å². The maximum Gasteiger partial charge on any atom is 0.219 e.